The lowest BCUT2D eigenvalue weighted by Gasteiger charge is -2.09. The van der Waals surface area contributed by atoms with E-state index < -0.39 is 17.7 Å². The van der Waals surface area contributed by atoms with Crippen LogP contribution in [0.5, 0.6) is 11.5 Å². The molecule has 1 atom stereocenters. The summed E-state index contributed by atoms with van der Waals surface area (Å²) in [6, 6.07) is 10.4. The lowest BCUT2D eigenvalue weighted by Crippen LogP contribution is -1.96. The van der Waals surface area contributed by atoms with E-state index in [0.717, 1.165) is 12.1 Å². The van der Waals surface area contributed by atoms with E-state index in [-0.39, 0.29) is 17.1 Å². The van der Waals surface area contributed by atoms with Gasteiger partial charge in [0.25, 0.3) is 0 Å². The Morgan fingerprint density at radius 3 is 2.63 bits per heavy atom. The van der Waals surface area contributed by atoms with Crippen LogP contribution in [0.2, 0.25) is 0 Å². The predicted octanol–water partition coefficient (Wildman–Crippen LogP) is 3.31. The van der Waals surface area contributed by atoms with Crippen LogP contribution in [-0.4, -0.2) is 5.11 Å². The van der Waals surface area contributed by atoms with Crippen molar-refractivity contribution >= 4 is 0 Å². The van der Waals surface area contributed by atoms with Crippen LogP contribution in [0.4, 0.5) is 8.78 Å². The lowest BCUT2D eigenvalue weighted by atomic mass is 10.1. The fourth-order valence-corrected chi connectivity index (χ4v) is 1.50. The fraction of sp³-hybridized carbons (Fsp3) is 0.0714. The van der Waals surface area contributed by atoms with E-state index in [1.807, 2.05) is 0 Å². The molecular weight excluding hydrogens is 252 g/mol. The molecule has 0 saturated heterocycles. The van der Waals surface area contributed by atoms with Crippen molar-refractivity contribution in [1.29, 1.82) is 5.26 Å². The van der Waals surface area contributed by atoms with E-state index in [2.05, 4.69) is 0 Å². The van der Waals surface area contributed by atoms with Crippen molar-refractivity contribution in [3.8, 4) is 17.6 Å². The van der Waals surface area contributed by atoms with Crippen LogP contribution in [0, 0.1) is 23.0 Å². The summed E-state index contributed by atoms with van der Waals surface area (Å²) in [5, 5.41) is 17.9. The molecule has 5 heteroatoms. The molecule has 19 heavy (non-hydrogen) atoms. The molecule has 0 fully saturated rings. The molecule has 1 N–H and O–H groups in total. The highest BCUT2D eigenvalue weighted by Gasteiger charge is 2.11. The van der Waals surface area contributed by atoms with Gasteiger partial charge in [0.15, 0.2) is 17.7 Å². The summed E-state index contributed by atoms with van der Waals surface area (Å²) < 4.78 is 31.7. The summed E-state index contributed by atoms with van der Waals surface area (Å²) in [6.07, 6.45) is -1.37. The van der Waals surface area contributed by atoms with Gasteiger partial charge in [0, 0.05) is 6.07 Å². The van der Waals surface area contributed by atoms with Gasteiger partial charge < -0.3 is 9.84 Å². The van der Waals surface area contributed by atoms with Crippen LogP contribution in [0.3, 0.4) is 0 Å². The molecule has 1 unspecified atom stereocenters. The topological polar surface area (TPSA) is 53.2 Å². The number of aliphatic hydroxyl groups is 1. The van der Waals surface area contributed by atoms with Crippen molar-refractivity contribution in [3.63, 3.8) is 0 Å². The minimum absolute atomic E-state index is 0.127. The van der Waals surface area contributed by atoms with Crippen molar-refractivity contribution < 1.29 is 18.6 Å². The molecule has 0 aliphatic carbocycles. The zero-order chi connectivity index (χ0) is 13.8. The zero-order valence-corrected chi connectivity index (χ0v) is 9.68. The third kappa shape index (κ3) is 3.06. The largest absolute Gasteiger partial charge is 0.454 e. The van der Waals surface area contributed by atoms with Gasteiger partial charge in [-0.15, -0.1) is 0 Å². The predicted molar refractivity (Wildman–Crippen MR) is 63.4 cm³/mol. The molecule has 0 aliphatic heterocycles. The Balaban J connectivity index is 2.32. The van der Waals surface area contributed by atoms with Crippen LogP contribution in [-0.2, 0) is 0 Å². The molecular formula is C14H9F2NO2. The van der Waals surface area contributed by atoms with Crippen molar-refractivity contribution in [2.45, 2.75) is 6.10 Å². The van der Waals surface area contributed by atoms with E-state index in [0.29, 0.717) is 0 Å². The maximum absolute atomic E-state index is 13.5. The second-order valence-electron chi connectivity index (χ2n) is 3.78. The number of rotatable bonds is 3. The molecule has 0 bridgehead atoms. The molecule has 96 valence electrons. The number of nitrogens with zero attached hydrogens (tertiary/aromatic N) is 1. The minimum atomic E-state index is -1.37. The van der Waals surface area contributed by atoms with Gasteiger partial charge in [-0.05, 0) is 29.8 Å². The monoisotopic (exact) mass is 261 g/mol. The number of benzene rings is 2. The van der Waals surface area contributed by atoms with Crippen LogP contribution in [0.25, 0.3) is 0 Å². The second kappa shape index (κ2) is 5.46. The molecule has 0 amide bonds. The number of hydrogen-bond acceptors (Lipinski definition) is 3. The Labute approximate surface area is 108 Å². The first-order valence-corrected chi connectivity index (χ1v) is 5.40. The summed E-state index contributed by atoms with van der Waals surface area (Å²) >= 11 is 0. The third-order valence-electron chi connectivity index (χ3n) is 2.42. The van der Waals surface area contributed by atoms with Crippen LogP contribution < -0.4 is 4.74 Å². The van der Waals surface area contributed by atoms with Crippen LogP contribution >= 0.6 is 0 Å². The molecule has 0 aliphatic rings. The zero-order valence-electron chi connectivity index (χ0n) is 9.68. The minimum Gasteiger partial charge on any atom is -0.454 e. The van der Waals surface area contributed by atoms with E-state index in [9.17, 15) is 13.9 Å². The van der Waals surface area contributed by atoms with E-state index in [1.165, 1.54) is 30.3 Å². The highest BCUT2D eigenvalue weighted by molar-refractivity contribution is 5.37. The SMILES string of the molecule is N#CC(O)c1ccc(F)c(Oc2cccc(F)c2)c1. The number of aliphatic hydroxyl groups excluding tert-OH is 1. The highest BCUT2D eigenvalue weighted by atomic mass is 19.1. The summed E-state index contributed by atoms with van der Waals surface area (Å²) in [5.41, 5.74) is 0.204. The molecule has 0 saturated carbocycles. The van der Waals surface area contributed by atoms with Crippen molar-refractivity contribution in [3.05, 3.63) is 59.7 Å². The molecule has 0 spiro atoms. The van der Waals surface area contributed by atoms with Crippen molar-refractivity contribution in [1.82, 2.24) is 0 Å². The average Bonchev–Trinajstić information content (AvgIpc) is 2.40. The van der Waals surface area contributed by atoms with Gasteiger partial charge in [-0.3, -0.25) is 0 Å². The summed E-state index contributed by atoms with van der Waals surface area (Å²) in [4.78, 5) is 0. The van der Waals surface area contributed by atoms with Gasteiger partial charge in [-0.1, -0.05) is 12.1 Å². The fourth-order valence-electron chi connectivity index (χ4n) is 1.50. The average molecular weight is 261 g/mol. The van der Waals surface area contributed by atoms with E-state index in [1.54, 1.807) is 6.07 Å². The van der Waals surface area contributed by atoms with E-state index >= 15 is 0 Å². The van der Waals surface area contributed by atoms with Gasteiger partial charge in [0.2, 0.25) is 0 Å². The van der Waals surface area contributed by atoms with Gasteiger partial charge in [0.1, 0.15) is 11.6 Å². The molecule has 3 nitrogen and oxygen atoms in total. The Morgan fingerprint density at radius 2 is 1.95 bits per heavy atom. The molecule has 2 rings (SSSR count). The molecule has 2 aromatic carbocycles. The standard InChI is InChI=1S/C14H9F2NO2/c15-10-2-1-3-11(7-10)19-14-6-9(13(18)8-17)4-5-12(14)16/h1-7,13,18H. The van der Waals surface area contributed by atoms with Gasteiger partial charge in [-0.2, -0.15) is 5.26 Å². The maximum Gasteiger partial charge on any atom is 0.166 e. The number of ether oxygens (including phenoxy) is 1. The Bertz CT molecular complexity index is 638. The number of halogens is 2. The number of hydrogen-bond donors (Lipinski definition) is 1. The first-order valence-electron chi connectivity index (χ1n) is 5.40. The van der Waals surface area contributed by atoms with Gasteiger partial charge in [-0.25, -0.2) is 8.78 Å². The summed E-state index contributed by atoms with van der Waals surface area (Å²) in [6.45, 7) is 0. The van der Waals surface area contributed by atoms with Crippen molar-refractivity contribution in [2.24, 2.45) is 0 Å². The smallest absolute Gasteiger partial charge is 0.166 e. The molecule has 0 radical (unpaired) electrons. The summed E-state index contributed by atoms with van der Waals surface area (Å²) in [5.74, 6) is -1.23. The molecule has 0 heterocycles. The Kier molecular flexibility index (Phi) is 3.74. The van der Waals surface area contributed by atoms with Crippen molar-refractivity contribution in [2.75, 3.05) is 0 Å². The first kappa shape index (κ1) is 13.0. The Hall–Kier alpha value is -2.45. The quantitative estimate of drug-likeness (QED) is 0.862. The second-order valence-corrected chi connectivity index (χ2v) is 3.78. The normalized spacial score (nSPS) is 11.7. The highest BCUT2D eigenvalue weighted by Crippen LogP contribution is 2.27. The summed E-state index contributed by atoms with van der Waals surface area (Å²) in [7, 11) is 0. The number of nitriles is 1. The van der Waals surface area contributed by atoms with E-state index in [4.69, 9.17) is 10.00 Å². The molecule has 2 aromatic rings. The maximum atomic E-state index is 13.5. The first-order chi connectivity index (χ1) is 9.10. The lowest BCUT2D eigenvalue weighted by molar-refractivity contribution is 0.235. The van der Waals surface area contributed by atoms with Gasteiger partial charge >= 0.3 is 0 Å². The third-order valence-corrected chi connectivity index (χ3v) is 2.42. The van der Waals surface area contributed by atoms with Crippen LogP contribution in [0.15, 0.2) is 42.5 Å². The Morgan fingerprint density at radius 1 is 1.16 bits per heavy atom. The van der Waals surface area contributed by atoms with Crippen LogP contribution in [0.1, 0.15) is 11.7 Å². The molecule has 0 aromatic heterocycles. The van der Waals surface area contributed by atoms with Gasteiger partial charge in [0.05, 0.1) is 6.07 Å².